The van der Waals surface area contributed by atoms with Crippen LogP contribution in [0.4, 0.5) is 31.8 Å². The third-order valence-electron chi connectivity index (χ3n) is 6.58. The molecule has 0 amide bonds. The maximum atomic E-state index is 13.5. The molecule has 0 aliphatic heterocycles. The third kappa shape index (κ3) is 7.21. The molecule has 14 heteroatoms. The highest BCUT2D eigenvalue weighted by atomic mass is 32.2. The predicted octanol–water partition coefficient (Wildman–Crippen LogP) is 5.04. The molecule has 0 spiro atoms. The Balaban J connectivity index is 1.78. The van der Waals surface area contributed by atoms with Gasteiger partial charge in [-0.25, -0.2) is 13.9 Å². The summed E-state index contributed by atoms with van der Waals surface area (Å²) in [5, 5.41) is 6.89. The molecule has 0 saturated heterocycles. The van der Waals surface area contributed by atoms with E-state index in [9.17, 15) is 17.2 Å². The number of ether oxygens (including phenoxy) is 1. The number of nitrogens with zero attached hydrogens (tertiary/aromatic N) is 6. The van der Waals surface area contributed by atoms with Crippen molar-refractivity contribution in [3.63, 3.8) is 0 Å². The fourth-order valence-electron chi connectivity index (χ4n) is 4.35. The first-order valence-corrected chi connectivity index (χ1v) is 14.8. The van der Waals surface area contributed by atoms with Crippen LogP contribution in [0, 0.1) is 0 Å². The van der Waals surface area contributed by atoms with Crippen LogP contribution in [0.5, 0.6) is 5.75 Å². The van der Waals surface area contributed by atoms with Gasteiger partial charge in [-0.1, -0.05) is 24.3 Å². The Labute approximate surface area is 250 Å². The second-order valence-corrected chi connectivity index (χ2v) is 12.2. The molecule has 2 heterocycles. The minimum absolute atomic E-state index is 0.0876. The fraction of sp³-hybridized carbons (Fsp3) is 0.310. The van der Waals surface area contributed by atoms with Gasteiger partial charge in [-0.3, -0.25) is 0 Å². The number of rotatable bonds is 13. The van der Waals surface area contributed by atoms with Crippen molar-refractivity contribution in [2.24, 2.45) is 0 Å². The number of likely N-dealkylation sites (N-methyl/N-ethyl adjacent to an activating group) is 2. The van der Waals surface area contributed by atoms with E-state index < -0.39 is 16.8 Å². The molecule has 230 valence electrons. The highest BCUT2D eigenvalue weighted by Crippen LogP contribution is 2.39. The summed E-state index contributed by atoms with van der Waals surface area (Å²) in [4.78, 5) is 12.9. The van der Waals surface area contributed by atoms with Gasteiger partial charge in [-0.2, -0.15) is 21.5 Å². The summed E-state index contributed by atoms with van der Waals surface area (Å²) >= 11 is 0. The van der Waals surface area contributed by atoms with Crippen molar-refractivity contribution in [3.05, 3.63) is 67.1 Å². The summed E-state index contributed by atoms with van der Waals surface area (Å²) in [6.45, 7) is 0.181. The minimum atomic E-state index is -3.82. The maximum absolute atomic E-state index is 13.5. The van der Waals surface area contributed by atoms with Crippen molar-refractivity contribution in [2.45, 2.75) is 13.5 Å². The Morgan fingerprint density at radius 2 is 1.79 bits per heavy atom. The molecule has 0 bridgehead atoms. The molecule has 11 nitrogen and oxygen atoms in total. The Morgan fingerprint density at radius 1 is 1.05 bits per heavy atom. The lowest BCUT2D eigenvalue weighted by molar-refractivity contribution is -0.0493. The average Bonchev–Trinajstić information content (AvgIpc) is 3.36. The summed E-state index contributed by atoms with van der Waals surface area (Å²) in [5.74, 6) is 0.0185. The second-order valence-electron chi connectivity index (χ2n) is 10.1. The zero-order valence-electron chi connectivity index (χ0n) is 24.9. The van der Waals surface area contributed by atoms with E-state index in [0.717, 1.165) is 10.8 Å². The van der Waals surface area contributed by atoms with Gasteiger partial charge in [0.25, 0.3) is 0 Å². The van der Waals surface area contributed by atoms with Crippen molar-refractivity contribution < 1.29 is 21.9 Å². The number of hydrogen-bond acceptors (Lipinski definition) is 9. The monoisotopic (exact) mass is 614 g/mol. The van der Waals surface area contributed by atoms with Gasteiger partial charge in [0.15, 0.2) is 5.75 Å². The summed E-state index contributed by atoms with van der Waals surface area (Å²) in [5.41, 5.74) is 3.00. The molecule has 2 aromatic heterocycles. The van der Waals surface area contributed by atoms with Crippen LogP contribution in [0.3, 0.4) is 0 Å². The number of para-hydroxylation sites is 1. The van der Waals surface area contributed by atoms with Gasteiger partial charge in [0.2, 0.25) is 5.95 Å². The molecule has 0 radical (unpaired) electrons. The van der Waals surface area contributed by atoms with E-state index in [1.165, 1.54) is 30.5 Å². The van der Waals surface area contributed by atoms with E-state index in [4.69, 9.17) is 4.74 Å². The molecule has 4 aromatic rings. The number of aromatic nitrogens is 3. The predicted molar refractivity (Wildman–Crippen MR) is 168 cm³/mol. The number of halogens is 2. The number of hydrogen-bond donors (Lipinski definition) is 2. The van der Waals surface area contributed by atoms with Crippen molar-refractivity contribution >= 4 is 44.1 Å². The number of alkyl halides is 2. The van der Waals surface area contributed by atoms with Crippen LogP contribution in [0.25, 0.3) is 22.2 Å². The fourth-order valence-corrected chi connectivity index (χ4v) is 5.34. The van der Waals surface area contributed by atoms with E-state index in [1.54, 1.807) is 42.6 Å². The maximum Gasteiger partial charge on any atom is 0.387 e. The molecule has 0 fully saturated rings. The summed E-state index contributed by atoms with van der Waals surface area (Å²) < 4.78 is 60.4. The third-order valence-corrected chi connectivity index (χ3v) is 8.30. The zero-order valence-corrected chi connectivity index (χ0v) is 25.7. The lowest BCUT2D eigenvalue weighted by atomic mass is 10.1. The van der Waals surface area contributed by atoms with Crippen molar-refractivity contribution in [2.75, 3.05) is 63.9 Å². The molecule has 2 N–H and O–H groups in total. The normalized spacial score (nSPS) is 12.2. The molecule has 0 atom stereocenters. The SMILES string of the molecule is CC=CNc1cc(Nc2nccc(-c3cn(S(=O)(=O)N(C)C)c4ccccc34)n2)c(OC(F)F)cc1N(C)CCN(C)C. The Kier molecular flexibility index (Phi) is 9.84. The molecular weight excluding hydrogens is 578 g/mol. The van der Waals surface area contributed by atoms with Gasteiger partial charge < -0.3 is 25.2 Å². The average molecular weight is 615 g/mol. The molecule has 0 aliphatic carbocycles. The van der Waals surface area contributed by atoms with Crippen LogP contribution in [0.15, 0.2) is 67.1 Å². The molecule has 0 unspecified atom stereocenters. The summed E-state index contributed by atoms with van der Waals surface area (Å²) in [6, 6.07) is 11.9. The lowest BCUT2D eigenvalue weighted by Gasteiger charge is -2.26. The second kappa shape index (κ2) is 13.4. The van der Waals surface area contributed by atoms with E-state index in [1.807, 2.05) is 50.0 Å². The van der Waals surface area contributed by atoms with Crippen molar-refractivity contribution in [3.8, 4) is 17.0 Å². The molecule has 43 heavy (non-hydrogen) atoms. The van der Waals surface area contributed by atoms with Crippen LogP contribution in [-0.2, 0) is 10.2 Å². The first-order chi connectivity index (χ1) is 20.4. The first-order valence-electron chi connectivity index (χ1n) is 13.4. The molecule has 0 saturated carbocycles. The largest absolute Gasteiger partial charge is 0.433 e. The van der Waals surface area contributed by atoms with Gasteiger partial charge in [-0.15, -0.1) is 0 Å². The number of allylic oxidation sites excluding steroid dienone is 1. The van der Waals surface area contributed by atoms with E-state index >= 15 is 0 Å². The standard InChI is InChI=1S/C29H36F2N8O3S/c1-7-13-32-23-17-24(27(42-28(30)31)18-26(23)38(6)16-15-36(2)3)35-29-33-14-12-22(34-29)21-19-39(43(40,41)37(4)5)25-11-9-8-10-20(21)25/h7-14,17-19,28,32H,15-16H2,1-6H3,(H,33,34,35). The summed E-state index contributed by atoms with van der Waals surface area (Å²) in [7, 11) is 4.89. The zero-order chi connectivity index (χ0) is 31.3. The first kappa shape index (κ1) is 31.7. The van der Waals surface area contributed by atoms with Crippen LogP contribution in [-0.4, -0.2) is 86.5 Å². The van der Waals surface area contributed by atoms with Crippen LogP contribution < -0.4 is 20.3 Å². The van der Waals surface area contributed by atoms with E-state index in [0.29, 0.717) is 40.1 Å². The van der Waals surface area contributed by atoms with Crippen molar-refractivity contribution in [1.29, 1.82) is 0 Å². The number of benzene rings is 2. The van der Waals surface area contributed by atoms with Gasteiger partial charge in [0.1, 0.15) is 0 Å². The van der Waals surface area contributed by atoms with E-state index in [-0.39, 0.29) is 17.4 Å². The van der Waals surface area contributed by atoms with Crippen LogP contribution >= 0.6 is 0 Å². The summed E-state index contributed by atoms with van der Waals surface area (Å²) in [6.07, 6.45) is 6.58. The molecule has 4 rings (SSSR count). The van der Waals surface area contributed by atoms with Gasteiger partial charge >= 0.3 is 16.8 Å². The lowest BCUT2D eigenvalue weighted by Crippen LogP contribution is -2.29. The van der Waals surface area contributed by atoms with Gasteiger partial charge in [0.05, 0.1) is 28.3 Å². The highest BCUT2D eigenvalue weighted by Gasteiger charge is 2.23. The topological polar surface area (TPSA) is 108 Å². The quantitative estimate of drug-likeness (QED) is 0.214. The Bertz CT molecular complexity index is 1710. The molecule has 0 aliphatic rings. The van der Waals surface area contributed by atoms with Gasteiger partial charge in [-0.05, 0) is 45.4 Å². The highest BCUT2D eigenvalue weighted by molar-refractivity contribution is 7.87. The van der Waals surface area contributed by atoms with Crippen LogP contribution in [0.2, 0.25) is 0 Å². The number of anilines is 4. The van der Waals surface area contributed by atoms with Crippen molar-refractivity contribution in [1.82, 2.24) is 23.1 Å². The molecular formula is C29H36F2N8O3S. The smallest absolute Gasteiger partial charge is 0.387 e. The molecule has 2 aromatic carbocycles. The van der Waals surface area contributed by atoms with Crippen LogP contribution in [0.1, 0.15) is 6.92 Å². The van der Waals surface area contributed by atoms with E-state index in [2.05, 4.69) is 20.6 Å². The Hall–Kier alpha value is -4.27. The number of nitrogens with one attached hydrogen (secondary N) is 2. The minimum Gasteiger partial charge on any atom is -0.433 e. The number of fused-ring (bicyclic) bond motifs is 1. The van der Waals surface area contributed by atoms with Gasteiger partial charge in [0, 0.05) is 63.6 Å². The Morgan fingerprint density at radius 3 is 2.47 bits per heavy atom.